The number of aliphatic hydroxyl groups is 13. The van der Waals surface area contributed by atoms with Crippen molar-refractivity contribution in [3.63, 3.8) is 0 Å². The Morgan fingerprint density at radius 3 is 1.65 bits per heavy atom. The van der Waals surface area contributed by atoms with Crippen molar-refractivity contribution >= 4 is 23.7 Å². The van der Waals surface area contributed by atoms with E-state index in [1.807, 2.05) is 0 Å². The van der Waals surface area contributed by atoms with E-state index in [9.17, 15) is 95.8 Å². The van der Waals surface area contributed by atoms with Crippen molar-refractivity contribution in [1.82, 2.24) is 20.7 Å². The number of rotatable bonds is 29. The lowest BCUT2D eigenvalue weighted by molar-refractivity contribution is -0.366. The molecule has 32 heteroatoms. The van der Waals surface area contributed by atoms with Crippen molar-refractivity contribution in [3.8, 4) is 11.8 Å². The third kappa shape index (κ3) is 17.7. The summed E-state index contributed by atoms with van der Waals surface area (Å²) in [5.41, 5.74) is 0. The quantitative estimate of drug-likeness (QED) is 0.0331. The molecule has 78 heavy (non-hydrogen) atoms. The maximum Gasteiger partial charge on any atom is 0.333 e. The van der Waals surface area contributed by atoms with Crippen molar-refractivity contribution in [2.24, 2.45) is 0 Å². The average Bonchev–Trinajstić information content (AvgIpc) is 3.74. The van der Waals surface area contributed by atoms with Crippen molar-refractivity contribution in [3.05, 3.63) is 12.1 Å². The highest BCUT2D eigenvalue weighted by molar-refractivity contribution is 5.87. The Morgan fingerprint density at radius 2 is 1.05 bits per heavy atom. The van der Waals surface area contributed by atoms with E-state index in [4.69, 9.17) is 42.7 Å². The molecule has 21 unspecified atom stereocenters. The van der Waals surface area contributed by atoms with Crippen LogP contribution in [-0.4, -0.2) is 280 Å². The van der Waals surface area contributed by atoms with E-state index in [1.54, 1.807) is 0 Å². The van der Waals surface area contributed by atoms with Crippen LogP contribution in [0.5, 0.6) is 11.8 Å². The van der Waals surface area contributed by atoms with E-state index in [0.717, 1.165) is 12.1 Å². The van der Waals surface area contributed by atoms with Crippen molar-refractivity contribution in [2.75, 3.05) is 46.1 Å². The fraction of sp³-hybridized carbons (Fsp3) is 0.826. The van der Waals surface area contributed by atoms with Gasteiger partial charge in [-0.3, -0.25) is 14.4 Å². The molecule has 1 aromatic heterocycles. The first-order valence-corrected chi connectivity index (χ1v) is 25.5. The Balaban J connectivity index is 1.15. The third-order valence-electron chi connectivity index (χ3n) is 13.3. The summed E-state index contributed by atoms with van der Waals surface area (Å²) in [6.45, 7) is -1.70. The molecule has 4 aliphatic heterocycles. The fourth-order valence-electron chi connectivity index (χ4n) is 8.69. The van der Waals surface area contributed by atoms with Gasteiger partial charge < -0.3 is 135 Å². The lowest BCUT2D eigenvalue weighted by atomic mass is 9.96. The van der Waals surface area contributed by atoms with Crippen LogP contribution in [0.3, 0.4) is 0 Å². The molecule has 5 rings (SSSR count). The van der Waals surface area contributed by atoms with E-state index >= 15 is 0 Å². The zero-order chi connectivity index (χ0) is 57.4. The number of unbranched alkanes of at least 4 members (excludes halogenated alkanes) is 3. The van der Waals surface area contributed by atoms with Gasteiger partial charge in [0.25, 0.3) is 0 Å². The monoisotopic (exact) mass is 1130 g/mol. The van der Waals surface area contributed by atoms with E-state index in [1.165, 1.54) is 6.92 Å². The Bertz CT molecular complexity index is 1990. The van der Waals surface area contributed by atoms with E-state index in [2.05, 4.69) is 16.0 Å². The number of carbonyl (C=O) groups is 4. The lowest BCUT2D eigenvalue weighted by Gasteiger charge is -2.46. The molecule has 0 aliphatic carbocycles. The maximum absolute atomic E-state index is 13.6. The summed E-state index contributed by atoms with van der Waals surface area (Å²) in [4.78, 5) is 56.5. The van der Waals surface area contributed by atoms with Crippen LogP contribution in [0.2, 0.25) is 0 Å². The van der Waals surface area contributed by atoms with Gasteiger partial charge >= 0.3 is 5.97 Å². The molecule has 0 radical (unpaired) electrons. The molecule has 32 nitrogen and oxygen atoms in total. The predicted octanol–water partition coefficient (Wildman–Crippen LogP) is -8.61. The number of hydrogen-bond acceptors (Lipinski definition) is 28. The predicted molar refractivity (Wildman–Crippen MR) is 252 cm³/mol. The van der Waals surface area contributed by atoms with Gasteiger partial charge in [-0.15, -0.1) is 4.73 Å². The van der Waals surface area contributed by atoms with Crippen LogP contribution in [0.25, 0.3) is 0 Å². The molecule has 4 aliphatic rings. The van der Waals surface area contributed by atoms with Gasteiger partial charge in [-0.05, 0) is 32.6 Å². The van der Waals surface area contributed by atoms with Crippen molar-refractivity contribution in [1.29, 1.82) is 0 Å². The first-order valence-electron chi connectivity index (χ1n) is 25.5. The minimum atomic E-state index is -1.99. The van der Waals surface area contributed by atoms with Crippen LogP contribution in [0.1, 0.15) is 64.7 Å². The zero-order valence-corrected chi connectivity index (χ0v) is 42.6. The standard InChI is InChI=1S/C46H76N4O28/c1-20-30(58)34(62)37(65)43(73-20)70-15-13-47-25(53)8-5-6-9-26(54)49-21(7-3-2-4-10-29(57)78-50-27(55)11-12-28(50)56)42(69)48-14-16-71-45-40(68)41(77-46-39(67)36(64)32(60)23(18-52)75-46)33(61)24(76-45)19-72-44-38(66)35(63)31(59)22(17-51)74-44/h11-12,20-24,30-41,43-46,51-52,55-56,58-68H,2-10,13-19H2,1H3,(H,47,53)(H,48,69)(H,49,54). The van der Waals surface area contributed by atoms with Crippen LogP contribution < -0.4 is 20.8 Å². The number of nitrogens with zero attached hydrogens (tertiary/aromatic N) is 1. The summed E-state index contributed by atoms with van der Waals surface area (Å²) in [7, 11) is 0. The van der Waals surface area contributed by atoms with Gasteiger partial charge in [-0.25, -0.2) is 4.79 Å². The van der Waals surface area contributed by atoms with E-state index < -0.39 is 185 Å². The van der Waals surface area contributed by atoms with Gasteiger partial charge in [-0.2, -0.15) is 0 Å². The number of amides is 3. The smallest absolute Gasteiger partial charge is 0.333 e. The third-order valence-corrected chi connectivity index (χ3v) is 13.3. The molecule has 3 amide bonds. The topological polar surface area (TPSA) is 496 Å². The Kier molecular flexibility index (Phi) is 25.9. The van der Waals surface area contributed by atoms with E-state index in [-0.39, 0.29) is 77.0 Å². The molecule has 4 fully saturated rings. The average molecular weight is 1130 g/mol. The molecule has 1 aromatic rings. The van der Waals surface area contributed by atoms with Gasteiger partial charge in [0.2, 0.25) is 29.5 Å². The molecule has 448 valence electrons. The molecular weight excluding hydrogens is 1060 g/mol. The normalized spacial score (nSPS) is 35.6. The molecule has 0 spiro atoms. The van der Waals surface area contributed by atoms with Crippen molar-refractivity contribution < 1.29 is 139 Å². The second-order valence-electron chi connectivity index (χ2n) is 19.2. The molecular formula is C46H76N4O28. The number of aromatic nitrogens is 1. The number of carbonyl (C=O) groups excluding carboxylic acids is 4. The second kappa shape index (κ2) is 31.2. The highest BCUT2D eigenvalue weighted by atomic mass is 16.8. The molecule has 0 aromatic carbocycles. The zero-order valence-electron chi connectivity index (χ0n) is 42.6. The highest BCUT2D eigenvalue weighted by Gasteiger charge is 2.52. The summed E-state index contributed by atoms with van der Waals surface area (Å²) in [5.74, 6) is -3.44. The Labute approximate surface area is 445 Å². The van der Waals surface area contributed by atoms with Gasteiger partial charge in [0.05, 0.1) is 39.1 Å². The first kappa shape index (κ1) is 64.7. The van der Waals surface area contributed by atoms with Crippen molar-refractivity contribution in [2.45, 2.75) is 194 Å². The minimum absolute atomic E-state index is 0.0126. The lowest BCUT2D eigenvalue weighted by Crippen LogP contribution is -2.65. The maximum atomic E-state index is 13.6. The van der Waals surface area contributed by atoms with Crippen LogP contribution >= 0.6 is 0 Å². The molecule has 4 saturated heterocycles. The fourth-order valence-corrected chi connectivity index (χ4v) is 8.69. The summed E-state index contributed by atoms with van der Waals surface area (Å²) in [6, 6.07) is 1.06. The summed E-state index contributed by atoms with van der Waals surface area (Å²) >= 11 is 0. The number of aliphatic hydroxyl groups excluding tert-OH is 13. The van der Waals surface area contributed by atoms with Gasteiger partial charge in [-0.1, -0.05) is 12.8 Å². The highest BCUT2D eigenvalue weighted by Crippen LogP contribution is 2.31. The van der Waals surface area contributed by atoms with Crippen LogP contribution in [0, 0.1) is 0 Å². The Hall–Kier alpha value is -4.08. The molecule has 21 atom stereocenters. The first-order chi connectivity index (χ1) is 37.1. The molecule has 0 bridgehead atoms. The molecule has 0 saturated carbocycles. The summed E-state index contributed by atoms with van der Waals surface area (Å²) in [5, 5.41) is 162. The van der Waals surface area contributed by atoms with Gasteiger partial charge in [0, 0.05) is 44.5 Å². The van der Waals surface area contributed by atoms with Crippen LogP contribution in [0.4, 0.5) is 0 Å². The van der Waals surface area contributed by atoms with Crippen LogP contribution in [0.15, 0.2) is 12.1 Å². The summed E-state index contributed by atoms with van der Waals surface area (Å²) < 4.78 is 44.8. The largest absolute Gasteiger partial charge is 0.492 e. The van der Waals surface area contributed by atoms with Gasteiger partial charge in [0.1, 0.15) is 97.6 Å². The molecule has 5 heterocycles. The second-order valence-corrected chi connectivity index (χ2v) is 19.2. The molecule has 18 N–H and O–H groups in total. The number of aromatic hydroxyl groups is 2. The number of ether oxygens (including phenoxy) is 8. The minimum Gasteiger partial charge on any atom is -0.492 e. The number of nitrogens with one attached hydrogen (secondary N) is 3. The van der Waals surface area contributed by atoms with E-state index in [0.29, 0.717) is 11.2 Å². The van der Waals surface area contributed by atoms with Gasteiger partial charge in [0.15, 0.2) is 25.2 Å². The Morgan fingerprint density at radius 1 is 0.551 bits per heavy atom. The van der Waals surface area contributed by atoms with Crippen LogP contribution in [-0.2, 0) is 57.1 Å². The SMILES string of the molecule is CC1OC(OCCNC(=O)CCCCC(=O)NC(CCCCCC(=O)On2c(O)ccc2O)C(=O)NCCOC2OC(COC3OC(CO)C(O)C(O)C3O)C(O)C(OC3OC(CO)C(O)C(O)C3O)C2O)C(O)C(O)C1O. The summed E-state index contributed by atoms with van der Waals surface area (Å²) in [6.07, 6.45) is -31.8. The number of hydrogen-bond donors (Lipinski definition) is 18.